The third-order valence-electron chi connectivity index (χ3n) is 4.47. The van der Waals surface area contributed by atoms with Gasteiger partial charge in [0.2, 0.25) is 11.8 Å². The van der Waals surface area contributed by atoms with Crippen molar-refractivity contribution in [2.75, 3.05) is 7.11 Å². The van der Waals surface area contributed by atoms with Crippen LogP contribution in [0.25, 0.3) is 0 Å². The summed E-state index contributed by atoms with van der Waals surface area (Å²) in [5.74, 6) is 0.494. The molecular formula is C19H23N3O4. The lowest BCUT2D eigenvalue weighted by atomic mass is 9.92. The predicted molar refractivity (Wildman–Crippen MR) is 94.8 cm³/mol. The summed E-state index contributed by atoms with van der Waals surface area (Å²) in [5, 5.41) is 13.1. The van der Waals surface area contributed by atoms with Crippen molar-refractivity contribution in [2.45, 2.75) is 43.9 Å². The number of aliphatic hydroxyl groups excluding tert-OH is 1. The molecule has 2 aromatic rings. The standard InChI is InChI=1S/C19H23N3O4/c1-25-16-11-20-12-17(22-16)26-15-9-7-14(8-10-15)21-19(24)18(23)13-5-3-2-4-6-13/h2-6,11-12,14-15,18,23H,7-10H2,1H3,(H,21,24). The van der Waals surface area contributed by atoms with Crippen molar-refractivity contribution in [3.8, 4) is 11.8 Å². The molecule has 1 amide bonds. The second-order valence-electron chi connectivity index (χ2n) is 6.31. The summed E-state index contributed by atoms with van der Waals surface area (Å²) < 4.78 is 10.9. The SMILES string of the molecule is COc1cncc(OC2CCC(NC(=O)C(O)c3ccccc3)CC2)n1. The van der Waals surface area contributed by atoms with Crippen molar-refractivity contribution in [3.63, 3.8) is 0 Å². The number of nitrogens with one attached hydrogen (secondary N) is 1. The number of ether oxygens (including phenoxy) is 2. The summed E-state index contributed by atoms with van der Waals surface area (Å²) in [6.07, 6.45) is 5.14. The Hall–Kier alpha value is -2.67. The average molecular weight is 357 g/mol. The van der Waals surface area contributed by atoms with Gasteiger partial charge in [-0.3, -0.25) is 9.78 Å². The maximum atomic E-state index is 12.2. The Kier molecular flexibility index (Phi) is 6.01. The first kappa shape index (κ1) is 18.1. The van der Waals surface area contributed by atoms with Crippen molar-refractivity contribution in [1.29, 1.82) is 0 Å². The number of nitrogens with zero attached hydrogens (tertiary/aromatic N) is 2. The lowest BCUT2D eigenvalue weighted by Gasteiger charge is -2.29. The van der Waals surface area contributed by atoms with Crippen LogP contribution in [0.3, 0.4) is 0 Å². The number of carbonyl (C=O) groups is 1. The second-order valence-corrected chi connectivity index (χ2v) is 6.31. The Labute approximate surface area is 152 Å². The van der Waals surface area contributed by atoms with Crippen LogP contribution < -0.4 is 14.8 Å². The molecule has 1 aromatic carbocycles. The van der Waals surface area contributed by atoms with Crippen molar-refractivity contribution in [1.82, 2.24) is 15.3 Å². The van der Waals surface area contributed by atoms with E-state index in [4.69, 9.17) is 9.47 Å². The van der Waals surface area contributed by atoms with Crippen molar-refractivity contribution < 1.29 is 19.4 Å². The first-order valence-electron chi connectivity index (χ1n) is 8.72. The van der Waals surface area contributed by atoms with Crippen LogP contribution in [0.4, 0.5) is 0 Å². The highest BCUT2D eigenvalue weighted by Crippen LogP contribution is 2.24. The molecule has 1 saturated carbocycles. The Morgan fingerprint density at radius 3 is 2.54 bits per heavy atom. The summed E-state index contributed by atoms with van der Waals surface area (Å²) in [4.78, 5) is 20.5. The van der Waals surface area contributed by atoms with E-state index >= 15 is 0 Å². The third kappa shape index (κ3) is 4.70. The highest BCUT2D eigenvalue weighted by atomic mass is 16.5. The van der Waals surface area contributed by atoms with Gasteiger partial charge in [0.05, 0.1) is 19.5 Å². The van der Waals surface area contributed by atoms with E-state index in [0.29, 0.717) is 17.3 Å². The number of carbonyl (C=O) groups excluding carboxylic acids is 1. The number of aromatic nitrogens is 2. The van der Waals surface area contributed by atoms with Gasteiger partial charge in [-0.05, 0) is 31.2 Å². The highest BCUT2D eigenvalue weighted by molar-refractivity contribution is 5.82. The van der Waals surface area contributed by atoms with Gasteiger partial charge in [-0.15, -0.1) is 0 Å². The third-order valence-corrected chi connectivity index (χ3v) is 4.47. The summed E-state index contributed by atoms with van der Waals surface area (Å²) in [6, 6.07) is 8.97. The number of hydrogen-bond acceptors (Lipinski definition) is 6. The van der Waals surface area contributed by atoms with E-state index in [0.717, 1.165) is 25.7 Å². The maximum absolute atomic E-state index is 12.2. The Morgan fingerprint density at radius 2 is 1.85 bits per heavy atom. The molecule has 0 saturated heterocycles. The zero-order chi connectivity index (χ0) is 18.4. The monoisotopic (exact) mass is 357 g/mol. The van der Waals surface area contributed by atoms with E-state index in [1.54, 1.807) is 30.5 Å². The minimum Gasteiger partial charge on any atom is -0.480 e. The van der Waals surface area contributed by atoms with Gasteiger partial charge < -0.3 is 19.9 Å². The van der Waals surface area contributed by atoms with Gasteiger partial charge in [-0.1, -0.05) is 30.3 Å². The fraction of sp³-hybridized carbons (Fsp3) is 0.421. The summed E-state index contributed by atoms with van der Waals surface area (Å²) >= 11 is 0. The minimum absolute atomic E-state index is 0.0311. The lowest BCUT2D eigenvalue weighted by molar-refractivity contribution is -0.130. The molecule has 138 valence electrons. The minimum atomic E-state index is -1.14. The van der Waals surface area contributed by atoms with Gasteiger partial charge in [-0.2, -0.15) is 4.98 Å². The van der Waals surface area contributed by atoms with Crippen LogP contribution in [0.1, 0.15) is 37.4 Å². The molecular weight excluding hydrogens is 334 g/mol. The van der Waals surface area contributed by atoms with Gasteiger partial charge in [0, 0.05) is 6.04 Å². The number of aliphatic hydroxyl groups is 1. The number of hydrogen-bond donors (Lipinski definition) is 2. The normalized spacial score (nSPS) is 20.8. The van der Waals surface area contributed by atoms with E-state index in [-0.39, 0.29) is 18.1 Å². The number of benzene rings is 1. The van der Waals surface area contributed by atoms with Crippen molar-refractivity contribution in [2.24, 2.45) is 0 Å². The first-order valence-corrected chi connectivity index (χ1v) is 8.72. The van der Waals surface area contributed by atoms with E-state index < -0.39 is 6.10 Å². The molecule has 26 heavy (non-hydrogen) atoms. The van der Waals surface area contributed by atoms with E-state index in [9.17, 15) is 9.90 Å². The molecule has 0 bridgehead atoms. The van der Waals surface area contributed by atoms with Crippen molar-refractivity contribution in [3.05, 3.63) is 48.3 Å². The Balaban J connectivity index is 1.47. The summed E-state index contributed by atoms with van der Waals surface area (Å²) in [6.45, 7) is 0. The number of amides is 1. The topological polar surface area (TPSA) is 93.6 Å². The van der Waals surface area contributed by atoms with E-state index in [2.05, 4.69) is 15.3 Å². The van der Waals surface area contributed by atoms with Gasteiger partial charge in [-0.25, -0.2) is 0 Å². The molecule has 2 N–H and O–H groups in total. The molecule has 1 aromatic heterocycles. The van der Waals surface area contributed by atoms with Gasteiger partial charge in [0.25, 0.3) is 5.91 Å². The van der Waals surface area contributed by atoms with Crippen LogP contribution in [0.2, 0.25) is 0 Å². The summed E-state index contributed by atoms with van der Waals surface area (Å²) in [7, 11) is 1.53. The summed E-state index contributed by atoms with van der Waals surface area (Å²) in [5.41, 5.74) is 0.596. The molecule has 0 spiro atoms. The molecule has 1 heterocycles. The molecule has 1 aliphatic rings. The number of rotatable bonds is 6. The zero-order valence-corrected chi connectivity index (χ0v) is 14.7. The Bertz CT molecular complexity index is 718. The molecule has 3 rings (SSSR count). The molecule has 0 radical (unpaired) electrons. The fourth-order valence-corrected chi connectivity index (χ4v) is 3.05. The van der Waals surface area contributed by atoms with E-state index in [1.165, 1.54) is 13.3 Å². The fourth-order valence-electron chi connectivity index (χ4n) is 3.05. The molecule has 1 atom stereocenters. The Morgan fingerprint density at radius 1 is 1.15 bits per heavy atom. The number of methoxy groups -OCH3 is 1. The second kappa shape index (κ2) is 8.62. The highest BCUT2D eigenvalue weighted by Gasteiger charge is 2.26. The maximum Gasteiger partial charge on any atom is 0.253 e. The van der Waals surface area contributed by atoms with Crippen LogP contribution in [-0.2, 0) is 4.79 Å². The molecule has 1 fully saturated rings. The zero-order valence-electron chi connectivity index (χ0n) is 14.7. The predicted octanol–water partition coefficient (Wildman–Crippen LogP) is 2.02. The molecule has 7 nitrogen and oxygen atoms in total. The smallest absolute Gasteiger partial charge is 0.253 e. The van der Waals surface area contributed by atoms with Crippen LogP contribution in [0.15, 0.2) is 42.7 Å². The molecule has 0 aliphatic heterocycles. The van der Waals surface area contributed by atoms with Crippen LogP contribution in [-0.4, -0.2) is 40.2 Å². The largest absolute Gasteiger partial charge is 0.480 e. The average Bonchev–Trinajstić information content (AvgIpc) is 2.69. The van der Waals surface area contributed by atoms with Gasteiger partial charge in [0.15, 0.2) is 6.10 Å². The molecule has 7 heteroatoms. The molecule has 1 unspecified atom stereocenters. The van der Waals surface area contributed by atoms with Crippen LogP contribution in [0, 0.1) is 0 Å². The van der Waals surface area contributed by atoms with Crippen molar-refractivity contribution >= 4 is 5.91 Å². The van der Waals surface area contributed by atoms with Gasteiger partial charge >= 0.3 is 0 Å². The quantitative estimate of drug-likeness (QED) is 0.822. The van der Waals surface area contributed by atoms with Crippen LogP contribution >= 0.6 is 0 Å². The molecule has 1 aliphatic carbocycles. The van der Waals surface area contributed by atoms with Gasteiger partial charge in [0.1, 0.15) is 6.10 Å². The lowest BCUT2D eigenvalue weighted by Crippen LogP contribution is -2.41. The first-order chi connectivity index (χ1) is 12.7. The van der Waals surface area contributed by atoms with E-state index in [1.807, 2.05) is 6.07 Å². The van der Waals surface area contributed by atoms with Crippen LogP contribution in [0.5, 0.6) is 11.8 Å².